The van der Waals surface area contributed by atoms with Crippen LogP contribution in [0, 0.1) is 0 Å². The van der Waals surface area contributed by atoms with Gasteiger partial charge in [0.25, 0.3) is 5.91 Å². The fourth-order valence-electron chi connectivity index (χ4n) is 3.24. The molecule has 2 amide bonds. The van der Waals surface area contributed by atoms with Crippen molar-refractivity contribution >= 4 is 12.0 Å². The van der Waals surface area contributed by atoms with Gasteiger partial charge in [-0.25, -0.2) is 4.79 Å². The smallest absolute Gasteiger partial charge is 0.407 e. The molecule has 7 heteroatoms. The second kappa shape index (κ2) is 11.1. The summed E-state index contributed by atoms with van der Waals surface area (Å²) >= 11 is 0. The van der Waals surface area contributed by atoms with Gasteiger partial charge in [0.1, 0.15) is 18.1 Å². The first kappa shape index (κ1) is 21.5. The Morgan fingerprint density at radius 3 is 2.23 bits per heavy atom. The minimum absolute atomic E-state index is 0.00403. The molecule has 1 N–H and O–H groups in total. The Labute approximate surface area is 176 Å². The second-order valence-corrected chi connectivity index (χ2v) is 7.05. The SMILES string of the molecule is CCOc1ccc(OCC(=O)N2CCC(NC(=O)OCc3ccccc3)CC2)cc1. The zero-order valence-corrected chi connectivity index (χ0v) is 17.2. The first-order chi connectivity index (χ1) is 14.6. The van der Waals surface area contributed by atoms with Crippen LogP contribution < -0.4 is 14.8 Å². The number of ether oxygens (including phenoxy) is 3. The quantitative estimate of drug-likeness (QED) is 0.719. The van der Waals surface area contributed by atoms with Crippen molar-refractivity contribution in [3.63, 3.8) is 0 Å². The molecule has 7 nitrogen and oxygen atoms in total. The number of amides is 2. The number of carbonyl (C=O) groups is 2. The first-order valence-electron chi connectivity index (χ1n) is 10.2. The molecule has 1 saturated heterocycles. The Hall–Kier alpha value is -3.22. The zero-order valence-electron chi connectivity index (χ0n) is 17.2. The monoisotopic (exact) mass is 412 g/mol. The molecule has 1 aliphatic heterocycles. The normalized spacial score (nSPS) is 14.1. The summed E-state index contributed by atoms with van der Waals surface area (Å²) in [6.45, 7) is 3.92. The molecule has 30 heavy (non-hydrogen) atoms. The van der Waals surface area contributed by atoms with Gasteiger partial charge < -0.3 is 24.4 Å². The lowest BCUT2D eigenvalue weighted by Crippen LogP contribution is -2.47. The van der Waals surface area contributed by atoms with Crippen molar-refractivity contribution < 1.29 is 23.8 Å². The molecule has 0 unspecified atom stereocenters. The highest BCUT2D eigenvalue weighted by molar-refractivity contribution is 5.78. The van der Waals surface area contributed by atoms with Gasteiger partial charge in [-0.3, -0.25) is 4.79 Å². The maximum Gasteiger partial charge on any atom is 0.407 e. The van der Waals surface area contributed by atoms with Gasteiger partial charge in [-0.15, -0.1) is 0 Å². The van der Waals surface area contributed by atoms with Crippen molar-refractivity contribution in [2.75, 3.05) is 26.3 Å². The number of hydrogen-bond donors (Lipinski definition) is 1. The molecule has 160 valence electrons. The van der Waals surface area contributed by atoms with Gasteiger partial charge in [0.2, 0.25) is 0 Å². The average molecular weight is 412 g/mol. The predicted octanol–water partition coefficient (Wildman–Crippen LogP) is 3.38. The van der Waals surface area contributed by atoms with Gasteiger partial charge in [0.15, 0.2) is 6.61 Å². The van der Waals surface area contributed by atoms with E-state index < -0.39 is 6.09 Å². The molecule has 0 atom stereocenters. The van der Waals surface area contributed by atoms with Gasteiger partial charge in [0.05, 0.1) is 6.61 Å². The van der Waals surface area contributed by atoms with E-state index in [0.717, 1.165) is 11.3 Å². The van der Waals surface area contributed by atoms with Crippen molar-refractivity contribution in [1.82, 2.24) is 10.2 Å². The van der Waals surface area contributed by atoms with Crippen LogP contribution in [0.3, 0.4) is 0 Å². The lowest BCUT2D eigenvalue weighted by atomic mass is 10.1. The van der Waals surface area contributed by atoms with Gasteiger partial charge in [-0.2, -0.15) is 0 Å². The number of hydrogen-bond acceptors (Lipinski definition) is 5. The summed E-state index contributed by atoms with van der Waals surface area (Å²) in [6.07, 6.45) is 0.951. The number of piperidine rings is 1. The van der Waals surface area contributed by atoms with Crippen LogP contribution in [-0.2, 0) is 16.1 Å². The van der Waals surface area contributed by atoms with E-state index in [9.17, 15) is 9.59 Å². The van der Waals surface area contributed by atoms with Gasteiger partial charge in [0, 0.05) is 19.1 Å². The third-order valence-electron chi connectivity index (χ3n) is 4.88. The van der Waals surface area contributed by atoms with E-state index in [2.05, 4.69) is 5.32 Å². The molecule has 0 radical (unpaired) electrons. The summed E-state index contributed by atoms with van der Waals surface area (Å²) in [6, 6.07) is 16.8. The topological polar surface area (TPSA) is 77.1 Å². The highest BCUT2D eigenvalue weighted by atomic mass is 16.5. The number of nitrogens with zero attached hydrogens (tertiary/aromatic N) is 1. The van der Waals surface area contributed by atoms with E-state index in [0.29, 0.717) is 38.3 Å². The lowest BCUT2D eigenvalue weighted by Gasteiger charge is -2.32. The summed E-state index contributed by atoms with van der Waals surface area (Å²) in [5.41, 5.74) is 0.945. The predicted molar refractivity (Wildman–Crippen MR) is 112 cm³/mol. The number of alkyl carbamates (subject to hydrolysis) is 1. The van der Waals surface area contributed by atoms with Crippen LogP contribution in [0.15, 0.2) is 54.6 Å². The largest absolute Gasteiger partial charge is 0.494 e. The molecule has 0 saturated carbocycles. The molecule has 0 aliphatic carbocycles. The van der Waals surface area contributed by atoms with Crippen LogP contribution in [-0.4, -0.2) is 49.2 Å². The second-order valence-electron chi connectivity index (χ2n) is 7.05. The van der Waals surface area contributed by atoms with Crippen molar-refractivity contribution in [2.45, 2.75) is 32.4 Å². The molecule has 3 rings (SSSR count). The number of nitrogens with one attached hydrogen (secondary N) is 1. The summed E-state index contributed by atoms with van der Waals surface area (Å²) in [5.74, 6) is 1.34. The van der Waals surface area contributed by atoms with Crippen molar-refractivity contribution in [3.05, 3.63) is 60.2 Å². The zero-order chi connectivity index (χ0) is 21.2. The first-order valence-corrected chi connectivity index (χ1v) is 10.2. The number of carbonyl (C=O) groups excluding carboxylic acids is 2. The van der Waals surface area contributed by atoms with Crippen LogP contribution in [0.4, 0.5) is 4.79 Å². The van der Waals surface area contributed by atoms with E-state index in [1.54, 1.807) is 17.0 Å². The van der Waals surface area contributed by atoms with E-state index in [1.807, 2.05) is 49.4 Å². The van der Waals surface area contributed by atoms with Crippen molar-refractivity contribution in [1.29, 1.82) is 0 Å². The van der Waals surface area contributed by atoms with Gasteiger partial charge in [-0.1, -0.05) is 30.3 Å². The third-order valence-corrected chi connectivity index (χ3v) is 4.88. The molecule has 1 aliphatic rings. The Morgan fingerprint density at radius 1 is 0.967 bits per heavy atom. The highest BCUT2D eigenvalue weighted by Crippen LogP contribution is 2.18. The van der Waals surface area contributed by atoms with Gasteiger partial charge >= 0.3 is 6.09 Å². The number of rotatable bonds is 8. The minimum Gasteiger partial charge on any atom is -0.494 e. The summed E-state index contributed by atoms with van der Waals surface area (Å²) in [5, 5.41) is 2.88. The molecule has 1 heterocycles. The molecular formula is C23H28N2O5. The standard InChI is InChI=1S/C23H28N2O5/c1-2-28-20-8-10-21(11-9-20)29-17-22(26)25-14-12-19(13-15-25)24-23(27)30-16-18-6-4-3-5-7-18/h3-11,19H,2,12-17H2,1H3,(H,24,27). The van der Waals surface area contributed by atoms with Crippen LogP contribution in [0.25, 0.3) is 0 Å². The van der Waals surface area contributed by atoms with Crippen LogP contribution in [0.2, 0.25) is 0 Å². The van der Waals surface area contributed by atoms with Crippen molar-refractivity contribution in [3.8, 4) is 11.5 Å². The fourth-order valence-corrected chi connectivity index (χ4v) is 3.24. The lowest BCUT2D eigenvalue weighted by molar-refractivity contribution is -0.134. The number of benzene rings is 2. The summed E-state index contributed by atoms with van der Waals surface area (Å²) in [4.78, 5) is 26.1. The van der Waals surface area contributed by atoms with Crippen molar-refractivity contribution in [2.24, 2.45) is 0 Å². The van der Waals surface area contributed by atoms with E-state index >= 15 is 0 Å². The fraction of sp³-hybridized carbons (Fsp3) is 0.391. The third kappa shape index (κ3) is 6.69. The maximum absolute atomic E-state index is 12.4. The maximum atomic E-state index is 12.4. The molecule has 0 bridgehead atoms. The summed E-state index contributed by atoms with van der Waals surface area (Å²) in [7, 11) is 0. The van der Waals surface area contributed by atoms with E-state index in [-0.39, 0.29) is 25.2 Å². The Morgan fingerprint density at radius 2 is 1.60 bits per heavy atom. The van der Waals surface area contributed by atoms with Crippen LogP contribution in [0.1, 0.15) is 25.3 Å². The molecule has 0 spiro atoms. The number of likely N-dealkylation sites (tertiary alicyclic amines) is 1. The Bertz CT molecular complexity index is 802. The molecule has 1 fully saturated rings. The van der Waals surface area contributed by atoms with E-state index in [4.69, 9.17) is 14.2 Å². The summed E-state index contributed by atoms with van der Waals surface area (Å²) < 4.78 is 16.2. The van der Waals surface area contributed by atoms with E-state index in [1.165, 1.54) is 0 Å². The Balaban J connectivity index is 1.34. The van der Waals surface area contributed by atoms with Crippen LogP contribution >= 0.6 is 0 Å². The molecular weight excluding hydrogens is 384 g/mol. The molecule has 2 aromatic rings. The highest BCUT2D eigenvalue weighted by Gasteiger charge is 2.24. The Kier molecular flexibility index (Phi) is 7.94. The van der Waals surface area contributed by atoms with Crippen LogP contribution in [0.5, 0.6) is 11.5 Å². The average Bonchev–Trinajstić information content (AvgIpc) is 2.78. The van der Waals surface area contributed by atoms with Gasteiger partial charge in [-0.05, 0) is 49.6 Å². The molecule has 2 aromatic carbocycles. The minimum atomic E-state index is -0.428. The molecule has 0 aromatic heterocycles.